The van der Waals surface area contributed by atoms with E-state index in [1.807, 2.05) is 0 Å². The van der Waals surface area contributed by atoms with Crippen LogP contribution >= 0.6 is 25.4 Å². The van der Waals surface area contributed by atoms with Crippen LogP contribution in [0.3, 0.4) is 0 Å². The molecule has 0 aliphatic rings. The molecule has 4 heteroatoms. The van der Waals surface area contributed by atoms with Crippen molar-refractivity contribution in [2.75, 3.05) is 6.16 Å². The maximum atomic E-state index is 4.49. The fourth-order valence-corrected chi connectivity index (χ4v) is 8.07. The number of hydrogen-bond acceptors (Lipinski definition) is 0. The van der Waals surface area contributed by atoms with Crippen LogP contribution in [0.25, 0.3) is 0 Å². The van der Waals surface area contributed by atoms with Gasteiger partial charge in [0.1, 0.15) is 0 Å². The zero-order chi connectivity index (χ0) is 21.0. The Balaban J connectivity index is 0.00000124. The standard InChI is InChI=1S/C26H23P2.ClH.Pd/c1-5-13-23(14-6-1)27(24-15-7-2-8-16-24)21-22-28(25-17-9-3-10-18-25)26-19-11-4-12-20-26;;/h1-21H,22H2;1H;/q-1;;+2/p-1. The third-order valence-corrected chi connectivity index (χ3v) is 9.59. The second-order valence-electron chi connectivity index (χ2n) is 6.51. The maximum absolute atomic E-state index is 4.49. The van der Waals surface area contributed by atoms with E-state index in [2.05, 4.69) is 155 Å². The van der Waals surface area contributed by atoms with Gasteiger partial charge in [0.25, 0.3) is 0 Å². The summed E-state index contributed by atoms with van der Waals surface area (Å²) in [4.78, 5) is 0. The molecule has 0 unspecified atom stereocenters. The molecule has 0 fully saturated rings. The van der Waals surface area contributed by atoms with Gasteiger partial charge in [0, 0.05) is 0 Å². The van der Waals surface area contributed by atoms with Gasteiger partial charge in [0.05, 0.1) is 0 Å². The minimum absolute atomic E-state index is 0.403. The minimum Gasteiger partial charge on any atom is -0.289 e. The number of hydrogen-bond donors (Lipinski definition) is 0. The first kappa shape index (κ1) is 23.4. The molecule has 0 aliphatic heterocycles. The number of rotatable bonds is 7. The van der Waals surface area contributed by atoms with Gasteiger partial charge in [-0.3, -0.25) is 6.16 Å². The van der Waals surface area contributed by atoms with Crippen molar-refractivity contribution in [3.05, 3.63) is 127 Å². The topological polar surface area (TPSA) is 0 Å². The second-order valence-corrected chi connectivity index (χ2v) is 10.9. The van der Waals surface area contributed by atoms with E-state index in [0.29, 0.717) is 0 Å². The minimum atomic E-state index is -0.473. The molecule has 0 aromatic heterocycles. The van der Waals surface area contributed by atoms with E-state index in [9.17, 15) is 0 Å². The molecular formula is C26H23ClP2Pd. The molecule has 4 aromatic carbocycles. The Morgan fingerprint density at radius 2 is 0.800 bits per heavy atom. The molecule has 0 aliphatic carbocycles. The van der Waals surface area contributed by atoms with Gasteiger partial charge in [-0.15, -0.1) is 6.16 Å². The maximum Gasteiger partial charge on any atom is -0.0220 e. The van der Waals surface area contributed by atoms with Crippen molar-refractivity contribution in [2.24, 2.45) is 0 Å². The van der Waals surface area contributed by atoms with E-state index in [1.54, 1.807) is 0 Å². The van der Waals surface area contributed by atoms with Gasteiger partial charge in [-0.25, -0.2) is 7.92 Å². The quantitative estimate of drug-likeness (QED) is 0.151. The molecule has 0 atom stereocenters. The average Bonchev–Trinajstić information content (AvgIpc) is 2.85. The van der Waals surface area contributed by atoms with Crippen molar-refractivity contribution in [3.8, 4) is 0 Å². The number of halogens is 1. The predicted octanol–water partition coefficient (Wildman–Crippen LogP) is 6.10. The summed E-state index contributed by atoms with van der Waals surface area (Å²) in [5.41, 5.74) is 0. The molecule has 4 aromatic rings. The molecule has 0 heterocycles. The predicted molar refractivity (Wildman–Crippen MR) is 133 cm³/mol. The van der Waals surface area contributed by atoms with Gasteiger partial charge < -0.3 is 0 Å². The first-order chi connectivity index (χ1) is 14.9. The molecule has 0 nitrogen and oxygen atoms in total. The van der Waals surface area contributed by atoms with Crippen molar-refractivity contribution in [2.45, 2.75) is 0 Å². The van der Waals surface area contributed by atoms with Crippen LogP contribution in [0.4, 0.5) is 0 Å². The Morgan fingerprint density at radius 3 is 1.13 bits per heavy atom. The molecule has 0 bridgehead atoms. The summed E-state index contributed by atoms with van der Waals surface area (Å²) in [7, 11) is 3.61. The van der Waals surface area contributed by atoms with Crippen molar-refractivity contribution in [1.82, 2.24) is 0 Å². The molecule has 30 heavy (non-hydrogen) atoms. The summed E-state index contributed by atoms with van der Waals surface area (Å²) in [6, 6.07) is 43.8. The van der Waals surface area contributed by atoms with Crippen molar-refractivity contribution < 1.29 is 18.2 Å². The molecule has 0 saturated carbocycles. The second kappa shape index (κ2) is 13.2. The monoisotopic (exact) mass is 538 g/mol. The van der Waals surface area contributed by atoms with E-state index in [1.165, 1.54) is 21.2 Å². The Bertz CT molecular complexity index is 805. The van der Waals surface area contributed by atoms with E-state index < -0.39 is 15.8 Å². The van der Waals surface area contributed by atoms with Crippen LogP contribution < -0.4 is 21.2 Å². The molecular weight excluding hydrogens is 516 g/mol. The first-order valence-electron chi connectivity index (χ1n) is 9.64. The van der Waals surface area contributed by atoms with E-state index in [0.717, 1.165) is 6.16 Å². The summed E-state index contributed by atoms with van der Waals surface area (Å²) < 4.78 is 0. The van der Waals surface area contributed by atoms with Gasteiger partial charge in [-0.05, 0) is 10.6 Å². The first-order valence-corrected chi connectivity index (χ1v) is 14.6. The van der Waals surface area contributed by atoms with Crippen LogP contribution in [-0.2, 0) is 18.2 Å². The normalized spacial score (nSPS) is 10.6. The van der Waals surface area contributed by atoms with Gasteiger partial charge in [-0.1, -0.05) is 140 Å². The molecule has 4 rings (SSSR count). The Hall–Kier alpha value is -1.31. The third kappa shape index (κ3) is 6.59. The largest absolute Gasteiger partial charge is 0.289 e. The smallest absolute Gasteiger partial charge is 0.0220 e. The molecule has 0 saturated heterocycles. The van der Waals surface area contributed by atoms with Crippen molar-refractivity contribution in [1.29, 1.82) is 0 Å². The molecule has 0 amide bonds. The fourth-order valence-electron chi connectivity index (χ4n) is 3.28. The van der Waals surface area contributed by atoms with Crippen molar-refractivity contribution >= 4 is 46.6 Å². The van der Waals surface area contributed by atoms with Crippen LogP contribution in [0.5, 0.6) is 0 Å². The van der Waals surface area contributed by atoms with E-state index >= 15 is 0 Å². The van der Waals surface area contributed by atoms with Crippen LogP contribution in [0.1, 0.15) is 0 Å². The molecule has 0 spiro atoms. The Labute approximate surface area is 197 Å². The van der Waals surface area contributed by atoms with Gasteiger partial charge >= 0.3 is 27.7 Å². The Kier molecular flexibility index (Phi) is 10.3. The summed E-state index contributed by atoms with van der Waals surface area (Å²) in [6.45, 7) is 0. The van der Waals surface area contributed by atoms with Gasteiger partial charge in [0.2, 0.25) is 0 Å². The SMILES string of the molecule is [Cl][Pd+].c1ccc(P([CH-]CP(c2ccccc2)c2ccccc2)c2ccccc2)cc1. The van der Waals surface area contributed by atoms with Gasteiger partial charge in [-0.2, -0.15) is 0 Å². The fraction of sp³-hybridized carbons (Fsp3) is 0.0385. The van der Waals surface area contributed by atoms with Crippen LogP contribution in [-0.4, -0.2) is 6.16 Å². The number of benzene rings is 4. The van der Waals surface area contributed by atoms with Crippen LogP contribution in [0, 0.1) is 6.16 Å². The van der Waals surface area contributed by atoms with E-state index in [4.69, 9.17) is 0 Å². The van der Waals surface area contributed by atoms with Gasteiger partial charge in [0.15, 0.2) is 0 Å². The molecule has 0 radical (unpaired) electrons. The average molecular weight is 539 g/mol. The zero-order valence-corrected chi connectivity index (χ0v) is 20.5. The van der Waals surface area contributed by atoms with Crippen LogP contribution in [0.15, 0.2) is 121 Å². The summed E-state index contributed by atoms with van der Waals surface area (Å²) in [6.07, 6.45) is 3.66. The van der Waals surface area contributed by atoms with Crippen LogP contribution in [0.2, 0.25) is 0 Å². The zero-order valence-electron chi connectivity index (χ0n) is 16.4. The summed E-state index contributed by atoms with van der Waals surface area (Å²) in [5.74, 6) is 0. The van der Waals surface area contributed by atoms with E-state index in [-0.39, 0.29) is 0 Å². The summed E-state index contributed by atoms with van der Waals surface area (Å²) in [5, 5.41) is 5.71. The Morgan fingerprint density at radius 1 is 0.500 bits per heavy atom. The molecule has 0 N–H and O–H groups in total. The third-order valence-electron chi connectivity index (χ3n) is 4.65. The van der Waals surface area contributed by atoms with Crippen molar-refractivity contribution in [3.63, 3.8) is 0 Å². The summed E-state index contributed by atoms with van der Waals surface area (Å²) >= 11 is 2.22. The molecule has 154 valence electrons.